The molecular weight excluding hydrogens is 355 g/mol. The maximum absolute atomic E-state index is 11.7. The Balaban J connectivity index is 3.11. The molecule has 162 valence electrons. The van der Waals surface area contributed by atoms with Crippen LogP contribution in [0.15, 0.2) is 0 Å². The average Bonchev–Trinajstić information content (AvgIpc) is 2.67. The molecule has 0 aliphatic rings. The van der Waals surface area contributed by atoms with E-state index in [9.17, 15) is 9.18 Å². The van der Waals surface area contributed by atoms with Gasteiger partial charge in [-0.05, 0) is 6.42 Å². The number of unbranched alkanes of at least 4 members (excludes halogenated alkanes) is 6. The molecular formula is C20H39FO6. The van der Waals surface area contributed by atoms with Gasteiger partial charge in [-0.1, -0.05) is 45.4 Å². The van der Waals surface area contributed by atoms with Gasteiger partial charge in [-0.25, -0.2) is 4.39 Å². The summed E-state index contributed by atoms with van der Waals surface area (Å²) in [4.78, 5) is 11.6. The van der Waals surface area contributed by atoms with E-state index in [1.54, 1.807) is 0 Å². The predicted octanol–water partition coefficient (Wildman–Crippen LogP) is 3.71. The summed E-state index contributed by atoms with van der Waals surface area (Å²) in [5.41, 5.74) is 0. The molecule has 7 heteroatoms. The first-order valence-electron chi connectivity index (χ1n) is 10.3. The summed E-state index contributed by atoms with van der Waals surface area (Å²) < 4.78 is 37.7. The number of carbonyl (C=O) groups excluding carboxylic acids is 1. The Morgan fingerprint density at radius 1 is 0.630 bits per heavy atom. The van der Waals surface area contributed by atoms with Crippen molar-refractivity contribution in [2.45, 2.75) is 58.3 Å². The van der Waals surface area contributed by atoms with Gasteiger partial charge >= 0.3 is 5.97 Å². The number of halogens is 1. The molecule has 0 saturated heterocycles. The van der Waals surface area contributed by atoms with Crippen molar-refractivity contribution in [2.24, 2.45) is 0 Å². The second-order valence-corrected chi connectivity index (χ2v) is 6.23. The summed E-state index contributed by atoms with van der Waals surface area (Å²) >= 11 is 0. The second-order valence-electron chi connectivity index (χ2n) is 6.23. The molecule has 0 fully saturated rings. The molecule has 0 saturated carbocycles. The Morgan fingerprint density at radius 3 is 1.59 bits per heavy atom. The van der Waals surface area contributed by atoms with E-state index in [-0.39, 0.29) is 19.2 Å². The summed E-state index contributed by atoms with van der Waals surface area (Å²) in [5, 5.41) is 0. The molecule has 0 radical (unpaired) electrons. The van der Waals surface area contributed by atoms with Gasteiger partial charge in [-0.2, -0.15) is 0 Å². The molecule has 0 aromatic carbocycles. The van der Waals surface area contributed by atoms with Crippen LogP contribution < -0.4 is 0 Å². The van der Waals surface area contributed by atoms with E-state index in [0.29, 0.717) is 52.7 Å². The molecule has 0 heterocycles. The fourth-order valence-corrected chi connectivity index (χ4v) is 2.33. The third-order valence-electron chi connectivity index (χ3n) is 3.81. The van der Waals surface area contributed by atoms with E-state index >= 15 is 0 Å². The molecule has 0 spiro atoms. The van der Waals surface area contributed by atoms with Crippen LogP contribution in [0.5, 0.6) is 0 Å². The van der Waals surface area contributed by atoms with Crippen LogP contribution in [0.2, 0.25) is 0 Å². The van der Waals surface area contributed by atoms with E-state index in [1.165, 1.54) is 32.1 Å². The maximum atomic E-state index is 11.7. The highest BCUT2D eigenvalue weighted by molar-refractivity contribution is 5.69. The number of rotatable bonds is 22. The van der Waals surface area contributed by atoms with Crippen LogP contribution in [0.25, 0.3) is 0 Å². The van der Waals surface area contributed by atoms with E-state index in [2.05, 4.69) is 6.92 Å². The van der Waals surface area contributed by atoms with Gasteiger partial charge in [0.05, 0.1) is 52.9 Å². The van der Waals surface area contributed by atoms with E-state index < -0.39 is 6.67 Å². The molecule has 0 rings (SSSR count). The summed E-state index contributed by atoms with van der Waals surface area (Å²) in [7, 11) is 0. The molecule has 27 heavy (non-hydrogen) atoms. The number of hydrogen-bond acceptors (Lipinski definition) is 6. The first kappa shape index (κ1) is 26.2. The fourth-order valence-electron chi connectivity index (χ4n) is 2.33. The Morgan fingerprint density at radius 2 is 1.07 bits per heavy atom. The van der Waals surface area contributed by atoms with Crippen LogP contribution in [0.3, 0.4) is 0 Å². The molecule has 0 unspecified atom stereocenters. The molecule has 0 aromatic rings. The SMILES string of the molecule is CCCCCCCCCC(=O)OCCOCCOCCOCCOCCF. The van der Waals surface area contributed by atoms with E-state index in [4.69, 9.17) is 23.7 Å². The largest absolute Gasteiger partial charge is 0.463 e. The van der Waals surface area contributed by atoms with Gasteiger partial charge in [0.15, 0.2) is 0 Å². The minimum absolute atomic E-state index is 0.117. The molecule has 0 aromatic heterocycles. The zero-order valence-electron chi connectivity index (χ0n) is 17.1. The zero-order valence-corrected chi connectivity index (χ0v) is 17.1. The third-order valence-corrected chi connectivity index (χ3v) is 3.81. The molecule has 6 nitrogen and oxygen atoms in total. The normalized spacial score (nSPS) is 11.0. The van der Waals surface area contributed by atoms with Crippen LogP contribution >= 0.6 is 0 Å². The lowest BCUT2D eigenvalue weighted by molar-refractivity contribution is -0.145. The Hall–Kier alpha value is -0.760. The monoisotopic (exact) mass is 394 g/mol. The highest BCUT2D eigenvalue weighted by Crippen LogP contribution is 2.08. The van der Waals surface area contributed by atoms with Crippen molar-refractivity contribution in [3.05, 3.63) is 0 Å². The van der Waals surface area contributed by atoms with Gasteiger partial charge < -0.3 is 23.7 Å². The van der Waals surface area contributed by atoms with E-state index in [1.807, 2.05) is 0 Å². The molecule has 0 bridgehead atoms. The van der Waals surface area contributed by atoms with Crippen molar-refractivity contribution >= 4 is 5.97 Å². The fraction of sp³-hybridized carbons (Fsp3) is 0.950. The zero-order chi connectivity index (χ0) is 19.8. The Labute approximate surface area is 164 Å². The van der Waals surface area contributed by atoms with Crippen LogP contribution in [0.4, 0.5) is 4.39 Å². The van der Waals surface area contributed by atoms with Crippen molar-refractivity contribution in [2.75, 3.05) is 66.1 Å². The number of alkyl halides is 1. The lowest BCUT2D eigenvalue weighted by atomic mass is 10.1. The first-order chi connectivity index (χ1) is 13.3. The number of hydrogen-bond donors (Lipinski definition) is 0. The number of ether oxygens (including phenoxy) is 5. The Bertz CT molecular complexity index is 304. The number of carbonyl (C=O) groups is 1. The minimum atomic E-state index is -0.471. The van der Waals surface area contributed by atoms with Gasteiger partial charge in [-0.3, -0.25) is 4.79 Å². The van der Waals surface area contributed by atoms with Gasteiger partial charge in [0.25, 0.3) is 0 Å². The van der Waals surface area contributed by atoms with Crippen molar-refractivity contribution in [1.82, 2.24) is 0 Å². The van der Waals surface area contributed by atoms with Crippen molar-refractivity contribution in [3.63, 3.8) is 0 Å². The van der Waals surface area contributed by atoms with Crippen molar-refractivity contribution in [1.29, 1.82) is 0 Å². The lowest BCUT2D eigenvalue weighted by Gasteiger charge is -2.08. The van der Waals surface area contributed by atoms with Crippen LogP contribution in [0.1, 0.15) is 58.3 Å². The van der Waals surface area contributed by atoms with Crippen molar-refractivity contribution in [3.8, 4) is 0 Å². The minimum Gasteiger partial charge on any atom is -0.463 e. The van der Waals surface area contributed by atoms with Gasteiger partial charge in [0.2, 0.25) is 0 Å². The highest BCUT2D eigenvalue weighted by atomic mass is 19.1. The topological polar surface area (TPSA) is 63.2 Å². The molecule has 0 aliphatic carbocycles. The molecule has 0 amide bonds. The van der Waals surface area contributed by atoms with Gasteiger partial charge in [0.1, 0.15) is 13.3 Å². The lowest BCUT2D eigenvalue weighted by Crippen LogP contribution is -2.14. The average molecular weight is 395 g/mol. The molecule has 0 atom stereocenters. The first-order valence-corrected chi connectivity index (χ1v) is 10.3. The van der Waals surface area contributed by atoms with E-state index in [0.717, 1.165) is 12.8 Å². The highest BCUT2D eigenvalue weighted by Gasteiger charge is 2.02. The van der Waals surface area contributed by atoms with Gasteiger partial charge in [0, 0.05) is 6.42 Å². The summed E-state index contributed by atoms with van der Waals surface area (Å²) in [6.45, 7) is 5.21. The Kier molecular flexibility index (Phi) is 22.6. The quantitative estimate of drug-likeness (QED) is 0.206. The third kappa shape index (κ3) is 23.2. The maximum Gasteiger partial charge on any atom is 0.305 e. The standard InChI is InChI=1S/C20H39FO6/c1-2-3-4-5-6-7-8-9-20(22)27-19-18-26-17-16-25-15-14-24-13-12-23-11-10-21/h2-19H2,1H3. The summed E-state index contributed by atoms with van der Waals surface area (Å²) in [5.74, 6) is -0.143. The van der Waals surface area contributed by atoms with Crippen LogP contribution in [0, 0.1) is 0 Å². The number of esters is 1. The molecule has 0 aliphatic heterocycles. The van der Waals surface area contributed by atoms with Crippen LogP contribution in [-0.2, 0) is 28.5 Å². The predicted molar refractivity (Wildman–Crippen MR) is 103 cm³/mol. The van der Waals surface area contributed by atoms with Crippen molar-refractivity contribution < 1.29 is 32.9 Å². The smallest absolute Gasteiger partial charge is 0.305 e. The summed E-state index contributed by atoms with van der Waals surface area (Å²) in [6, 6.07) is 0. The van der Waals surface area contributed by atoms with Gasteiger partial charge in [-0.15, -0.1) is 0 Å². The summed E-state index contributed by atoms with van der Waals surface area (Å²) in [6.07, 6.45) is 8.83. The second kappa shape index (κ2) is 23.3. The molecule has 0 N–H and O–H groups in total. The van der Waals surface area contributed by atoms with Crippen LogP contribution in [-0.4, -0.2) is 72.1 Å².